The summed E-state index contributed by atoms with van der Waals surface area (Å²) in [4.78, 5) is 13.2. The van der Waals surface area contributed by atoms with Gasteiger partial charge in [-0.05, 0) is 55.0 Å². The summed E-state index contributed by atoms with van der Waals surface area (Å²) in [7, 11) is -1.41. The topological polar surface area (TPSA) is 128 Å². The van der Waals surface area contributed by atoms with E-state index in [0.29, 0.717) is 11.4 Å². The number of anilines is 1. The van der Waals surface area contributed by atoms with Crippen molar-refractivity contribution in [3.63, 3.8) is 0 Å². The van der Waals surface area contributed by atoms with Gasteiger partial charge in [0.1, 0.15) is 6.04 Å². The van der Waals surface area contributed by atoms with Gasteiger partial charge in [-0.1, -0.05) is 0 Å². The van der Waals surface area contributed by atoms with Gasteiger partial charge in [0, 0.05) is 42.6 Å². The minimum absolute atomic E-state index is 0.0728. The fourth-order valence-electron chi connectivity index (χ4n) is 2.40. The molecular formula is C19H24N4O5S2. The van der Waals surface area contributed by atoms with E-state index in [1.807, 2.05) is 43.3 Å². The average molecular weight is 453 g/mol. The smallest absolute Gasteiger partial charge is 0.321 e. The highest BCUT2D eigenvalue weighted by Gasteiger charge is 2.25. The van der Waals surface area contributed by atoms with Gasteiger partial charge in [-0.2, -0.15) is 15.0 Å². The molecule has 0 aliphatic rings. The van der Waals surface area contributed by atoms with Gasteiger partial charge in [-0.15, -0.1) is 0 Å². The third-order valence-electron chi connectivity index (χ3n) is 4.08. The number of nitrogens with one attached hydrogen (secondary N) is 1. The second kappa shape index (κ2) is 10.4. The van der Waals surface area contributed by atoms with Gasteiger partial charge in [0.25, 0.3) is 0 Å². The largest absolute Gasteiger partial charge is 0.480 e. The van der Waals surface area contributed by atoms with Crippen molar-refractivity contribution in [2.24, 2.45) is 10.2 Å². The van der Waals surface area contributed by atoms with Crippen LogP contribution in [0.1, 0.15) is 6.42 Å². The van der Waals surface area contributed by atoms with Crippen LogP contribution in [0.2, 0.25) is 0 Å². The standard InChI is InChI=1S/C19H24N4O5S2/c1-23(2)16-8-4-14(5-9-16)20-21-15-6-10-17(11-7-15)30(27,28)22-18(19(24)25)12-13-29(3)26/h4-11,18,22H,12-13H2,1-3H3,(H,24,25)/t18-,29?/m0/s1. The lowest BCUT2D eigenvalue weighted by atomic mass is 10.2. The first-order chi connectivity index (χ1) is 14.1. The van der Waals surface area contributed by atoms with Crippen LogP contribution in [-0.2, 0) is 25.6 Å². The maximum Gasteiger partial charge on any atom is 0.321 e. The Morgan fingerprint density at radius 1 is 1.07 bits per heavy atom. The summed E-state index contributed by atoms with van der Waals surface area (Å²) in [5.41, 5.74) is 2.12. The molecule has 0 aliphatic heterocycles. The lowest BCUT2D eigenvalue weighted by Gasteiger charge is -2.14. The first-order valence-corrected chi connectivity index (χ1v) is 12.1. The second-order valence-electron chi connectivity index (χ2n) is 6.68. The number of carbonyl (C=O) groups is 1. The fourth-order valence-corrected chi connectivity index (χ4v) is 4.19. The number of sulfonamides is 1. The molecule has 0 radical (unpaired) electrons. The molecule has 0 bridgehead atoms. The van der Waals surface area contributed by atoms with E-state index < -0.39 is 32.8 Å². The fraction of sp³-hybridized carbons (Fsp3) is 0.316. The van der Waals surface area contributed by atoms with Crippen LogP contribution < -0.4 is 9.62 Å². The molecule has 0 aliphatic carbocycles. The summed E-state index contributed by atoms with van der Waals surface area (Å²) in [5.74, 6) is -1.25. The van der Waals surface area contributed by atoms with E-state index in [-0.39, 0.29) is 17.1 Å². The van der Waals surface area contributed by atoms with Crippen molar-refractivity contribution in [1.82, 2.24) is 4.72 Å². The number of hydrogen-bond acceptors (Lipinski definition) is 7. The molecule has 0 amide bonds. The van der Waals surface area contributed by atoms with Crippen LogP contribution in [0.15, 0.2) is 63.7 Å². The Labute approximate surface area is 178 Å². The van der Waals surface area contributed by atoms with Crippen LogP contribution in [0, 0.1) is 0 Å². The molecule has 2 aromatic carbocycles. The lowest BCUT2D eigenvalue weighted by Crippen LogP contribution is -2.41. The zero-order valence-electron chi connectivity index (χ0n) is 16.8. The molecule has 1 unspecified atom stereocenters. The highest BCUT2D eigenvalue weighted by atomic mass is 32.2. The first-order valence-electron chi connectivity index (χ1n) is 8.93. The van der Waals surface area contributed by atoms with Crippen LogP contribution >= 0.6 is 0 Å². The molecular weight excluding hydrogens is 428 g/mol. The Balaban J connectivity index is 2.09. The van der Waals surface area contributed by atoms with E-state index in [9.17, 15) is 22.5 Å². The minimum Gasteiger partial charge on any atom is -0.480 e. The van der Waals surface area contributed by atoms with E-state index in [2.05, 4.69) is 15.0 Å². The van der Waals surface area contributed by atoms with Gasteiger partial charge in [-0.25, -0.2) is 8.42 Å². The van der Waals surface area contributed by atoms with Gasteiger partial charge in [0.05, 0.1) is 16.3 Å². The van der Waals surface area contributed by atoms with Crippen molar-refractivity contribution in [2.45, 2.75) is 17.4 Å². The molecule has 2 N–H and O–H groups in total. The Morgan fingerprint density at radius 2 is 1.57 bits per heavy atom. The maximum absolute atomic E-state index is 12.5. The molecule has 0 spiro atoms. The molecule has 2 aromatic rings. The molecule has 0 saturated heterocycles. The first kappa shape index (κ1) is 23.6. The summed E-state index contributed by atoms with van der Waals surface area (Å²) in [6.07, 6.45) is 1.36. The third-order valence-corrected chi connectivity index (χ3v) is 6.38. The lowest BCUT2D eigenvalue weighted by molar-refractivity contribution is -0.139. The van der Waals surface area contributed by atoms with Crippen LogP contribution in [-0.4, -0.2) is 55.8 Å². The second-order valence-corrected chi connectivity index (χ2v) is 9.95. The number of hydrogen-bond donors (Lipinski definition) is 2. The number of benzene rings is 2. The van der Waals surface area contributed by atoms with Crippen LogP contribution in [0.4, 0.5) is 17.1 Å². The molecule has 0 aromatic heterocycles. The summed E-state index contributed by atoms with van der Waals surface area (Å²) in [5, 5.41) is 17.4. The molecule has 11 heteroatoms. The predicted molar refractivity (Wildman–Crippen MR) is 117 cm³/mol. The van der Waals surface area contributed by atoms with Gasteiger partial charge >= 0.3 is 5.97 Å². The zero-order valence-corrected chi connectivity index (χ0v) is 18.5. The quantitative estimate of drug-likeness (QED) is 0.533. The van der Waals surface area contributed by atoms with Crippen LogP contribution in [0.5, 0.6) is 0 Å². The van der Waals surface area contributed by atoms with Gasteiger partial charge in [-0.3, -0.25) is 9.00 Å². The number of aliphatic carboxylic acids is 1. The number of nitrogens with zero attached hydrogens (tertiary/aromatic N) is 3. The average Bonchev–Trinajstić information content (AvgIpc) is 2.69. The summed E-state index contributed by atoms with van der Waals surface area (Å²) in [6, 6.07) is 11.7. The third kappa shape index (κ3) is 7.01. The maximum atomic E-state index is 12.5. The van der Waals surface area contributed by atoms with Crippen molar-refractivity contribution in [1.29, 1.82) is 0 Å². The number of carboxylic acid groups (broad SMARTS) is 1. The van der Waals surface area contributed by atoms with Crippen molar-refractivity contribution in [2.75, 3.05) is 31.0 Å². The van der Waals surface area contributed by atoms with Crippen LogP contribution in [0.25, 0.3) is 0 Å². The molecule has 0 fully saturated rings. The van der Waals surface area contributed by atoms with E-state index >= 15 is 0 Å². The number of rotatable bonds is 10. The molecule has 30 heavy (non-hydrogen) atoms. The number of carboxylic acids is 1. The van der Waals surface area contributed by atoms with Gasteiger partial charge in [0.15, 0.2) is 0 Å². The van der Waals surface area contributed by atoms with Gasteiger partial charge < -0.3 is 10.0 Å². The van der Waals surface area contributed by atoms with E-state index in [1.54, 1.807) is 0 Å². The highest BCUT2D eigenvalue weighted by Crippen LogP contribution is 2.22. The Hall–Kier alpha value is -2.63. The molecule has 2 atom stereocenters. The molecule has 162 valence electrons. The van der Waals surface area contributed by atoms with E-state index in [0.717, 1.165) is 5.69 Å². The molecule has 0 heterocycles. The Morgan fingerprint density at radius 3 is 2.00 bits per heavy atom. The molecule has 9 nitrogen and oxygen atoms in total. The number of azo groups is 1. The monoisotopic (exact) mass is 452 g/mol. The van der Waals surface area contributed by atoms with Gasteiger partial charge in [0.2, 0.25) is 10.0 Å². The summed E-state index contributed by atoms with van der Waals surface area (Å²) in [6.45, 7) is 0. The Kier molecular flexibility index (Phi) is 8.21. The summed E-state index contributed by atoms with van der Waals surface area (Å²) < 4.78 is 38.2. The predicted octanol–water partition coefficient (Wildman–Crippen LogP) is 2.67. The van der Waals surface area contributed by atoms with Crippen molar-refractivity contribution >= 4 is 43.9 Å². The Bertz CT molecular complexity index is 1020. The highest BCUT2D eigenvalue weighted by molar-refractivity contribution is 7.89. The van der Waals surface area contributed by atoms with Crippen molar-refractivity contribution in [3.05, 3.63) is 48.5 Å². The molecule has 2 rings (SSSR count). The van der Waals surface area contributed by atoms with E-state index in [4.69, 9.17) is 0 Å². The molecule has 0 saturated carbocycles. The van der Waals surface area contributed by atoms with Crippen molar-refractivity contribution < 1.29 is 22.5 Å². The minimum atomic E-state index is -4.06. The van der Waals surface area contributed by atoms with E-state index in [1.165, 1.54) is 30.5 Å². The SMILES string of the molecule is CN(C)c1ccc(N=Nc2ccc(S(=O)(=O)N[C@@H](CCS(C)=O)C(=O)O)cc2)cc1. The van der Waals surface area contributed by atoms with Crippen molar-refractivity contribution in [3.8, 4) is 0 Å². The summed E-state index contributed by atoms with van der Waals surface area (Å²) >= 11 is 0. The normalized spacial score (nSPS) is 13.8. The zero-order chi connectivity index (χ0) is 22.3. The van der Waals surface area contributed by atoms with Crippen LogP contribution in [0.3, 0.4) is 0 Å².